The van der Waals surface area contributed by atoms with Crippen LogP contribution in [0.3, 0.4) is 0 Å². The number of fused-ring (bicyclic) bond motifs is 1. The second-order valence-electron chi connectivity index (χ2n) is 7.78. The van der Waals surface area contributed by atoms with Gasteiger partial charge in [-0.25, -0.2) is 9.78 Å². The fourth-order valence-electron chi connectivity index (χ4n) is 3.51. The molecule has 3 aromatic rings. The van der Waals surface area contributed by atoms with Gasteiger partial charge in [0.1, 0.15) is 17.4 Å². The van der Waals surface area contributed by atoms with Gasteiger partial charge in [-0.05, 0) is 56.2 Å². The number of H-pyrrole nitrogens is 1. The van der Waals surface area contributed by atoms with Crippen LogP contribution >= 0.6 is 0 Å². The van der Waals surface area contributed by atoms with Crippen molar-refractivity contribution in [2.75, 3.05) is 6.54 Å². The van der Waals surface area contributed by atoms with Crippen molar-refractivity contribution in [3.63, 3.8) is 0 Å². The molecule has 30 heavy (non-hydrogen) atoms. The number of aryl methyl sites for hydroxylation is 1. The van der Waals surface area contributed by atoms with Crippen molar-refractivity contribution in [3.05, 3.63) is 70.7 Å². The number of esters is 1. The molecule has 0 unspecified atom stereocenters. The number of carbonyl (C=O) groups excluding carboxylic acids is 1. The first-order chi connectivity index (χ1) is 14.3. The van der Waals surface area contributed by atoms with Crippen LogP contribution in [0.5, 0.6) is 0 Å². The normalized spacial score (nSPS) is 14.3. The molecule has 0 radical (unpaired) electrons. The lowest BCUT2D eigenvalue weighted by atomic mass is 10.1. The Hall–Kier alpha value is -3.61. The van der Waals surface area contributed by atoms with Crippen molar-refractivity contribution in [2.45, 2.75) is 33.4 Å². The Bertz CT molecular complexity index is 1160. The van der Waals surface area contributed by atoms with Gasteiger partial charge in [-0.15, -0.1) is 0 Å². The van der Waals surface area contributed by atoms with E-state index in [-0.39, 0.29) is 30.2 Å². The van der Waals surface area contributed by atoms with Gasteiger partial charge >= 0.3 is 5.97 Å². The summed E-state index contributed by atoms with van der Waals surface area (Å²) in [4.78, 5) is 21.5. The summed E-state index contributed by atoms with van der Waals surface area (Å²) >= 11 is 0. The number of aliphatic hydroxyl groups is 1. The fourth-order valence-corrected chi connectivity index (χ4v) is 3.51. The number of rotatable bonds is 5. The minimum atomic E-state index is -0.354. The van der Waals surface area contributed by atoms with Crippen molar-refractivity contribution in [3.8, 4) is 0 Å². The van der Waals surface area contributed by atoms with E-state index in [9.17, 15) is 9.90 Å². The number of nitrogens with one attached hydrogen (secondary N) is 2. The summed E-state index contributed by atoms with van der Waals surface area (Å²) < 4.78 is 5.20. The molecule has 0 saturated heterocycles. The zero-order valence-electron chi connectivity index (χ0n) is 17.2. The minimum absolute atomic E-state index is 0.118. The highest BCUT2D eigenvalue weighted by Gasteiger charge is 2.30. The first-order valence-electron chi connectivity index (χ1n) is 9.84. The lowest BCUT2D eigenvalue weighted by molar-refractivity contribution is 0.0378. The standard InChI is InChI=1S/C23H24N4O3/c1-13(2)30-23(29)16-7-5-15(6-8-16)11-27-12-19(28)20(21(27)24)22-25-17-9-4-14(3)10-18(17)26-22/h4-10,13,24,28H,11-12H2,1-3H3,(H,25,26). The van der Waals surface area contributed by atoms with E-state index < -0.39 is 0 Å². The second-order valence-corrected chi connectivity index (χ2v) is 7.78. The molecule has 2 aromatic carbocycles. The SMILES string of the molecule is Cc1ccc2nc(C3=C(O)CN(Cc4ccc(C(=O)OC(C)C)cc4)C3=N)[nH]c2c1. The quantitative estimate of drug-likeness (QED) is 0.553. The molecule has 0 aliphatic carbocycles. The largest absolute Gasteiger partial charge is 0.510 e. The highest BCUT2D eigenvalue weighted by Crippen LogP contribution is 2.28. The molecular weight excluding hydrogens is 380 g/mol. The molecule has 0 bridgehead atoms. The Kier molecular flexibility index (Phi) is 5.03. The van der Waals surface area contributed by atoms with E-state index in [4.69, 9.17) is 10.1 Å². The summed E-state index contributed by atoms with van der Waals surface area (Å²) in [6.45, 7) is 6.30. The molecule has 4 rings (SSSR count). The van der Waals surface area contributed by atoms with E-state index in [1.165, 1.54) is 0 Å². The maximum atomic E-state index is 12.0. The first-order valence-corrected chi connectivity index (χ1v) is 9.84. The zero-order valence-corrected chi connectivity index (χ0v) is 17.2. The zero-order chi connectivity index (χ0) is 21.4. The predicted octanol–water partition coefficient (Wildman–Crippen LogP) is 4.20. The first kappa shape index (κ1) is 19.7. The van der Waals surface area contributed by atoms with E-state index in [1.807, 2.05) is 51.1 Å². The van der Waals surface area contributed by atoms with Crippen molar-refractivity contribution in [1.29, 1.82) is 5.41 Å². The Labute approximate surface area is 174 Å². The Morgan fingerprint density at radius 2 is 2.00 bits per heavy atom. The number of ether oxygens (including phenoxy) is 1. The van der Waals surface area contributed by atoms with E-state index in [0.717, 1.165) is 22.2 Å². The van der Waals surface area contributed by atoms with Crippen LogP contribution < -0.4 is 0 Å². The lowest BCUT2D eigenvalue weighted by Gasteiger charge is -2.18. The number of aromatic nitrogens is 2. The molecule has 0 fully saturated rings. The maximum Gasteiger partial charge on any atom is 0.338 e. The average molecular weight is 404 g/mol. The van der Waals surface area contributed by atoms with Crippen LogP contribution in [0.4, 0.5) is 0 Å². The average Bonchev–Trinajstić information content (AvgIpc) is 3.21. The van der Waals surface area contributed by atoms with Crippen LogP contribution in [0.1, 0.15) is 41.2 Å². The predicted molar refractivity (Wildman–Crippen MR) is 116 cm³/mol. The molecule has 1 aliphatic heterocycles. The number of amidine groups is 1. The number of imidazole rings is 1. The summed E-state index contributed by atoms with van der Waals surface area (Å²) in [5.74, 6) is 0.471. The van der Waals surface area contributed by atoms with Crippen LogP contribution in [0.25, 0.3) is 16.6 Å². The van der Waals surface area contributed by atoms with E-state index in [2.05, 4.69) is 9.97 Å². The topological polar surface area (TPSA) is 102 Å². The molecule has 1 aromatic heterocycles. The molecular formula is C23H24N4O3. The third-order valence-corrected chi connectivity index (χ3v) is 4.96. The van der Waals surface area contributed by atoms with Crippen molar-refractivity contribution >= 4 is 28.4 Å². The lowest BCUT2D eigenvalue weighted by Crippen LogP contribution is -2.26. The van der Waals surface area contributed by atoms with Gasteiger partial charge in [0.2, 0.25) is 0 Å². The number of aromatic amines is 1. The molecule has 0 saturated carbocycles. The maximum absolute atomic E-state index is 12.0. The third kappa shape index (κ3) is 3.78. The van der Waals surface area contributed by atoms with Crippen molar-refractivity contribution in [1.82, 2.24) is 14.9 Å². The summed E-state index contributed by atoms with van der Waals surface area (Å²) in [7, 11) is 0. The van der Waals surface area contributed by atoms with Gasteiger partial charge in [0.25, 0.3) is 0 Å². The Morgan fingerprint density at radius 1 is 1.27 bits per heavy atom. The van der Waals surface area contributed by atoms with Crippen molar-refractivity contribution in [2.24, 2.45) is 0 Å². The molecule has 0 atom stereocenters. The summed E-state index contributed by atoms with van der Waals surface area (Å²) in [5.41, 5.74) is 4.62. The van der Waals surface area contributed by atoms with Crippen LogP contribution in [0.2, 0.25) is 0 Å². The number of carbonyl (C=O) groups is 1. The van der Waals surface area contributed by atoms with Gasteiger partial charge in [-0.3, -0.25) is 5.41 Å². The van der Waals surface area contributed by atoms with Crippen LogP contribution in [-0.2, 0) is 11.3 Å². The molecule has 3 N–H and O–H groups in total. The van der Waals surface area contributed by atoms with Crippen LogP contribution in [0, 0.1) is 12.3 Å². The number of aliphatic hydroxyl groups excluding tert-OH is 1. The van der Waals surface area contributed by atoms with E-state index >= 15 is 0 Å². The molecule has 154 valence electrons. The number of hydrogen-bond acceptors (Lipinski definition) is 5. The molecule has 0 spiro atoms. The number of hydrogen-bond donors (Lipinski definition) is 3. The third-order valence-electron chi connectivity index (χ3n) is 4.96. The number of nitrogens with zero attached hydrogens (tertiary/aromatic N) is 2. The Balaban J connectivity index is 1.50. The molecule has 0 amide bonds. The van der Waals surface area contributed by atoms with Crippen LogP contribution in [0.15, 0.2) is 48.2 Å². The number of benzene rings is 2. The highest BCUT2D eigenvalue weighted by molar-refractivity contribution is 6.23. The van der Waals surface area contributed by atoms with Gasteiger partial charge in [0, 0.05) is 6.54 Å². The summed E-state index contributed by atoms with van der Waals surface area (Å²) in [6, 6.07) is 13.0. The molecule has 7 nitrogen and oxygen atoms in total. The van der Waals surface area contributed by atoms with Gasteiger partial charge in [0.05, 0.1) is 34.8 Å². The summed E-state index contributed by atoms with van der Waals surface area (Å²) in [6.07, 6.45) is -0.170. The molecule has 7 heteroatoms. The minimum Gasteiger partial charge on any atom is -0.510 e. The van der Waals surface area contributed by atoms with Gasteiger partial charge in [0.15, 0.2) is 0 Å². The fraction of sp³-hybridized carbons (Fsp3) is 0.261. The Morgan fingerprint density at radius 3 is 2.70 bits per heavy atom. The van der Waals surface area contributed by atoms with Gasteiger partial charge in [-0.2, -0.15) is 0 Å². The van der Waals surface area contributed by atoms with Gasteiger partial charge < -0.3 is 19.7 Å². The highest BCUT2D eigenvalue weighted by atomic mass is 16.5. The van der Waals surface area contributed by atoms with Crippen LogP contribution in [-0.4, -0.2) is 44.4 Å². The molecule has 2 heterocycles. The second kappa shape index (κ2) is 7.67. The van der Waals surface area contributed by atoms with E-state index in [0.29, 0.717) is 23.5 Å². The van der Waals surface area contributed by atoms with E-state index in [1.54, 1.807) is 17.0 Å². The monoisotopic (exact) mass is 404 g/mol. The molecule has 1 aliphatic rings. The van der Waals surface area contributed by atoms with Crippen molar-refractivity contribution < 1.29 is 14.6 Å². The summed E-state index contributed by atoms with van der Waals surface area (Å²) in [5, 5.41) is 19.1. The van der Waals surface area contributed by atoms with Gasteiger partial charge in [-0.1, -0.05) is 18.2 Å². The smallest absolute Gasteiger partial charge is 0.338 e.